The third-order valence-corrected chi connectivity index (χ3v) is 2.39. The van der Waals surface area contributed by atoms with Crippen molar-refractivity contribution in [1.82, 2.24) is 4.90 Å². The smallest absolute Gasteiger partial charge is 0.320 e. The van der Waals surface area contributed by atoms with Crippen molar-refractivity contribution in [2.75, 3.05) is 25.4 Å². The van der Waals surface area contributed by atoms with Crippen LogP contribution in [-0.2, 0) is 20.9 Å². The standard InChI is InChI=1S/C13H19N3O3/c1-2-19-13(18)9-16(8-12(15)17)7-10-4-3-5-11(14)6-10/h3-6H,2,7-9,14H2,1H3,(H2,15,17). The van der Waals surface area contributed by atoms with Crippen LogP contribution >= 0.6 is 0 Å². The maximum Gasteiger partial charge on any atom is 0.320 e. The summed E-state index contributed by atoms with van der Waals surface area (Å²) in [4.78, 5) is 24.1. The van der Waals surface area contributed by atoms with Crippen molar-refractivity contribution in [1.29, 1.82) is 0 Å². The number of carbonyl (C=O) groups is 2. The van der Waals surface area contributed by atoms with E-state index in [0.29, 0.717) is 18.8 Å². The first-order valence-corrected chi connectivity index (χ1v) is 6.02. The van der Waals surface area contributed by atoms with Gasteiger partial charge in [0.15, 0.2) is 0 Å². The van der Waals surface area contributed by atoms with Crippen molar-refractivity contribution in [3.05, 3.63) is 29.8 Å². The van der Waals surface area contributed by atoms with E-state index >= 15 is 0 Å². The number of rotatable bonds is 7. The molecule has 0 saturated heterocycles. The fraction of sp³-hybridized carbons (Fsp3) is 0.385. The maximum atomic E-state index is 11.5. The quantitative estimate of drug-likeness (QED) is 0.539. The number of nitrogen functional groups attached to an aromatic ring is 1. The first-order chi connectivity index (χ1) is 9.01. The molecule has 0 aliphatic heterocycles. The molecule has 0 fully saturated rings. The van der Waals surface area contributed by atoms with Gasteiger partial charge < -0.3 is 16.2 Å². The van der Waals surface area contributed by atoms with Crippen LogP contribution in [0.4, 0.5) is 5.69 Å². The second-order valence-corrected chi connectivity index (χ2v) is 4.16. The lowest BCUT2D eigenvalue weighted by atomic mass is 10.2. The molecule has 1 aromatic carbocycles. The molecule has 0 bridgehead atoms. The monoisotopic (exact) mass is 265 g/mol. The molecule has 6 heteroatoms. The van der Waals surface area contributed by atoms with Crippen molar-refractivity contribution >= 4 is 17.6 Å². The van der Waals surface area contributed by atoms with Gasteiger partial charge in [0.1, 0.15) is 0 Å². The maximum absolute atomic E-state index is 11.5. The molecule has 0 saturated carbocycles. The Hall–Kier alpha value is -2.08. The number of nitrogens with zero attached hydrogens (tertiary/aromatic N) is 1. The molecule has 0 aliphatic carbocycles. The molecule has 4 N–H and O–H groups in total. The van der Waals surface area contributed by atoms with Gasteiger partial charge in [-0.15, -0.1) is 0 Å². The highest BCUT2D eigenvalue weighted by Crippen LogP contribution is 2.09. The third-order valence-electron chi connectivity index (χ3n) is 2.39. The van der Waals surface area contributed by atoms with Crippen LogP contribution in [0.2, 0.25) is 0 Å². The van der Waals surface area contributed by atoms with E-state index in [9.17, 15) is 9.59 Å². The van der Waals surface area contributed by atoms with E-state index < -0.39 is 5.91 Å². The summed E-state index contributed by atoms with van der Waals surface area (Å²) in [5.74, 6) is -0.874. The molecule has 0 spiro atoms. The molecule has 19 heavy (non-hydrogen) atoms. The molecule has 0 aliphatic rings. The Morgan fingerprint density at radius 1 is 1.32 bits per heavy atom. The van der Waals surface area contributed by atoms with Gasteiger partial charge in [-0.2, -0.15) is 0 Å². The van der Waals surface area contributed by atoms with Crippen molar-refractivity contribution < 1.29 is 14.3 Å². The predicted molar refractivity (Wildman–Crippen MR) is 72.0 cm³/mol. The number of anilines is 1. The summed E-state index contributed by atoms with van der Waals surface area (Å²) in [6.07, 6.45) is 0. The van der Waals surface area contributed by atoms with E-state index in [0.717, 1.165) is 5.56 Å². The normalized spacial score (nSPS) is 10.4. The second-order valence-electron chi connectivity index (χ2n) is 4.16. The van der Waals surface area contributed by atoms with Gasteiger partial charge in [0.05, 0.1) is 19.7 Å². The molecule has 0 aromatic heterocycles. The summed E-state index contributed by atoms with van der Waals surface area (Å²) < 4.78 is 4.86. The van der Waals surface area contributed by atoms with Crippen molar-refractivity contribution in [2.45, 2.75) is 13.5 Å². The zero-order chi connectivity index (χ0) is 14.3. The van der Waals surface area contributed by atoms with Crippen LogP contribution in [0.3, 0.4) is 0 Å². The first kappa shape index (κ1) is 15.0. The van der Waals surface area contributed by atoms with Gasteiger partial charge in [-0.05, 0) is 24.6 Å². The lowest BCUT2D eigenvalue weighted by Gasteiger charge is -2.19. The van der Waals surface area contributed by atoms with E-state index in [2.05, 4.69) is 0 Å². The Morgan fingerprint density at radius 2 is 2.05 bits per heavy atom. The van der Waals surface area contributed by atoms with Crippen molar-refractivity contribution in [2.24, 2.45) is 5.73 Å². The van der Waals surface area contributed by atoms with Crippen LogP contribution in [0, 0.1) is 0 Å². The predicted octanol–water partition coefficient (Wildman–Crippen LogP) is 0.119. The number of primary amides is 1. The fourth-order valence-corrected chi connectivity index (χ4v) is 1.73. The van der Waals surface area contributed by atoms with Crippen LogP contribution in [-0.4, -0.2) is 36.5 Å². The number of esters is 1. The van der Waals surface area contributed by atoms with Gasteiger partial charge in [-0.3, -0.25) is 14.5 Å². The van der Waals surface area contributed by atoms with Crippen LogP contribution < -0.4 is 11.5 Å². The van der Waals surface area contributed by atoms with E-state index in [4.69, 9.17) is 16.2 Å². The van der Waals surface area contributed by atoms with Gasteiger partial charge in [0, 0.05) is 12.2 Å². The number of hydrogen-bond acceptors (Lipinski definition) is 5. The van der Waals surface area contributed by atoms with E-state index in [1.54, 1.807) is 24.0 Å². The minimum Gasteiger partial charge on any atom is -0.465 e. The molecule has 6 nitrogen and oxygen atoms in total. The third kappa shape index (κ3) is 5.87. The minimum atomic E-state index is -0.492. The highest BCUT2D eigenvalue weighted by molar-refractivity contribution is 5.77. The van der Waals surface area contributed by atoms with Gasteiger partial charge in [-0.1, -0.05) is 12.1 Å². The van der Waals surface area contributed by atoms with E-state index in [-0.39, 0.29) is 19.1 Å². The zero-order valence-electron chi connectivity index (χ0n) is 11.0. The first-order valence-electron chi connectivity index (χ1n) is 6.02. The number of ether oxygens (including phenoxy) is 1. The molecule has 0 radical (unpaired) electrons. The van der Waals surface area contributed by atoms with Crippen LogP contribution in [0.25, 0.3) is 0 Å². The van der Waals surface area contributed by atoms with Gasteiger partial charge in [0.2, 0.25) is 5.91 Å². The number of carbonyl (C=O) groups excluding carboxylic acids is 2. The van der Waals surface area contributed by atoms with Crippen molar-refractivity contribution in [3.8, 4) is 0 Å². The minimum absolute atomic E-state index is 0.00634. The Kier molecular flexibility index (Phi) is 5.81. The van der Waals surface area contributed by atoms with Gasteiger partial charge in [-0.25, -0.2) is 0 Å². The lowest BCUT2D eigenvalue weighted by Crippen LogP contribution is -2.37. The van der Waals surface area contributed by atoms with E-state index in [1.165, 1.54) is 0 Å². The molecule has 0 heterocycles. The Morgan fingerprint density at radius 3 is 2.63 bits per heavy atom. The number of amides is 1. The molecule has 1 aromatic rings. The summed E-state index contributed by atoms with van der Waals surface area (Å²) >= 11 is 0. The summed E-state index contributed by atoms with van der Waals surface area (Å²) in [6, 6.07) is 7.25. The molecular weight excluding hydrogens is 246 g/mol. The average molecular weight is 265 g/mol. The Labute approximate surface area is 112 Å². The molecular formula is C13H19N3O3. The molecule has 0 unspecified atom stereocenters. The number of hydrogen-bond donors (Lipinski definition) is 2. The Bertz CT molecular complexity index is 449. The molecule has 0 atom stereocenters. The molecule has 1 rings (SSSR count). The van der Waals surface area contributed by atoms with Crippen LogP contribution in [0.15, 0.2) is 24.3 Å². The van der Waals surface area contributed by atoms with Crippen LogP contribution in [0.1, 0.15) is 12.5 Å². The second kappa shape index (κ2) is 7.38. The summed E-state index contributed by atoms with van der Waals surface area (Å²) in [7, 11) is 0. The highest BCUT2D eigenvalue weighted by Gasteiger charge is 2.14. The SMILES string of the molecule is CCOC(=O)CN(CC(N)=O)Cc1cccc(N)c1. The Balaban J connectivity index is 2.68. The topological polar surface area (TPSA) is 98.6 Å². The number of nitrogens with two attached hydrogens (primary N) is 2. The molecule has 1 amide bonds. The van der Waals surface area contributed by atoms with Gasteiger partial charge in [0.25, 0.3) is 0 Å². The zero-order valence-corrected chi connectivity index (χ0v) is 11.0. The highest BCUT2D eigenvalue weighted by atomic mass is 16.5. The molecule has 104 valence electrons. The largest absolute Gasteiger partial charge is 0.465 e. The van der Waals surface area contributed by atoms with Crippen molar-refractivity contribution in [3.63, 3.8) is 0 Å². The summed E-state index contributed by atoms with van der Waals surface area (Å²) in [5.41, 5.74) is 12.4. The summed E-state index contributed by atoms with van der Waals surface area (Å²) in [5, 5.41) is 0. The number of benzene rings is 1. The lowest BCUT2D eigenvalue weighted by molar-refractivity contribution is -0.144. The summed E-state index contributed by atoms with van der Waals surface area (Å²) in [6.45, 7) is 2.46. The fourth-order valence-electron chi connectivity index (χ4n) is 1.73. The van der Waals surface area contributed by atoms with Gasteiger partial charge >= 0.3 is 5.97 Å². The average Bonchev–Trinajstić information content (AvgIpc) is 2.27. The van der Waals surface area contributed by atoms with Crippen LogP contribution in [0.5, 0.6) is 0 Å². The van der Waals surface area contributed by atoms with E-state index in [1.807, 2.05) is 12.1 Å².